The largest absolute Gasteiger partial charge is 0.354 e. The zero-order valence-electron chi connectivity index (χ0n) is 13.6. The second-order valence-corrected chi connectivity index (χ2v) is 5.87. The minimum absolute atomic E-state index is 0. The van der Waals surface area contributed by atoms with Crippen LogP contribution in [0.1, 0.15) is 25.5 Å². The van der Waals surface area contributed by atoms with E-state index in [1.54, 1.807) is 9.58 Å². The van der Waals surface area contributed by atoms with Gasteiger partial charge >= 0.3 is 0 Å². The molecule has 1 aromatic rings. The Kier molecular flexibility index (Phi) is 7.44. The van der Waals surface area contributed by atoms with Crippen molar-refractivity contribution < 1.29 is 9.59 Å². The van der Waals surface area contributed by atoms with Gasteiger partial charge in [-0.3, -0.25) is 14.3 Å². The second-order valence-electron chi connectivity index (χ2n) is 5.87. The van der Waals surface area contributed by atoms with Crippen molar-refractivity contribution >= 4 is 24.2 Å². The summed E-state index contributed by atoms with van der Waals surface area (Å²) in [6.07, 6.45) is 3.29. The van der Waals surface area contributed by atoms with Crippen molar-refractivity contribution in [1.29, 1.82) is 0 Å². The lowest BCUT2D eigenvalue weighted by molar-refractivity contribution is -0.131. The number of carbonyl (C=O) groups excluding carboxylic acids is 2. The number of nitrogens with zero attached hydrogens (tertiary/aromatic N) is 4. The van der Waals surface area contributed by atoms with Crippen LogP contribution in [0.25, 0.3) is 0 Å². The van der Waals surface area contributed by atoms with Crippen LogP contribution in [0, 0.1) is 12.8 Å². The summed E-state index contributed by atoms with van der Waals surface area (Å²) in [5, 5.41) is 10.7. The van der Waals surface area contributed by atoms with Crippen molar-refractivity contribution in [3.8, 4) is 0 Å². The quantitative estimate of drug-likeness (QED) is 0.780. The molecule has 1 fully saturated rings. The maximum absolute atomic E-state index is 12.3. The number of carbonyl (C=O) groups is 2. The molecule has 0 unspecified atom stereocenters. The highest BCUT2D eigenvalue weighted by molar-refractivity contribution is 5.85. The van der Waals surface area contributed by atoms with Crippen molar-refractivity contribution in [2.45, 2.75) is 39.3 Å². The van der Waals surface area contributed by atoms with Gasteiger partial charge in [-0.1, -0.05) is 5.21 Å². The number of hydrogen-bond donors (Lipinski definition) is 2. The molecule has 8 nitrogen and oxygen atoms in total. The molecule has 9 heteroatoms. The number of hydrogen-bond acceptors (Lipinski definition) is 5. The van der Waals surface area contributed by atoms with E-state index < -0.39 is 0 Å². The SMILES string of the molecule is CC(=O)N1C[C@@H](N)CC[C@@H](C(=O)NCCn2cc(C)nn2)C1.Cl. The Balaban J connectivity index is 0.00000264. The van der Waals surface area contributed by atoms with Crippen LogP contribution in [-0.2, 0) is 16.1 Å². The molecule has 2 atom stereocenters. The molecule has 130 valence electrons. The van der Waals surface area contributed by atoms with Crippen molar-refractivity contribution in [3.05, 3.63) is 11.9 Å². The number of nitrogens with two attached hydrogens (primary N) is 1. The fourth-order valence-corrected chi connectivity index (χ4v) is 2.64. The summed E-state index contributed by atoms with van der Waals surface area (Å²) in [6, 6.07) is -0.0557. The molecule has 1 aliphatic rings. The van der Waals surface area contributed by atoms with Crippen LogP contribution in [-0.4, -0.2) is 57.4 Å². The van der Waals surface area contributed by atoms with Crippen molar-refractivity contribution in [2.75, 3.05) is 19.6 Å². The fraction of sp³-hybridized carbons (Fsp3) is 0.714. The first-order valence-electron chi connectivity index (χ1n) is 7.61. The van der Waals surface area contributed by atoms with Crippen molar-refractivity contribution in [2.24, 2.45) is 11.7 Å². The standard InChI is InChI=1S/C14H24N6O2.ClH/c1-10-7-20(18-17-10)6-5-16-14(22)12-3-4-13(15)9-19(8-12)11(2)21;/h7,12-13H,3-6,8-9,15H2,1-2H3,(H,16,22);1H/t12-,13+;/m1./s1. The molecule has 23 heavy (non-hydrogen) atoms. The number of nitrogens with one attached hydrogen (secondary N) is 1. The Morgan fingerprint density at radius 3 is 2.74 bits per heavy atom. The highest BCUT2D eigenvalue weighted by Gasteiger charge is 2.28. The molecule has 0 aliphatic carbocycles. The molecule has 0 radical (unpaired) electrons. The van der Waals surface area contributed by atoms with Gasteiger partial charge in [0, 0.05) is 38.8 Å². The van der Waals surface area contributed by atoms with E-state index in [4.69, 9.17) is 5.73 Å². The van der Waals surface area contributed by atoms with Gasteiger partial charge in [-0.05, 0) is 19.8 Å². The summed E-state index contributed by atoms with van der Waals surface area (Å²) in [5.74, 6) is -0.264. The third kappa shape index (κ3) is 5.80. The molecule has 1 saturated heterocycles. The Bertz CT molecular complexity index is 535. The molecule has 0 spiro atoms. The third-order valence-corrected chi connectivity index (χ3v) is 3.89. The molecule has 2 heterocycles. The zero-order chi connectivity index (χ0) is 16.1. The van der Waals surface area contributed by atoms with Crippen LogP contribution in [0.4, 0.5) is 0 Å². The Morgan fingerprint density at radius 1 is 1.39 bits per heavy atom. The summed E-state index contributed by atoms with van der Waals surface area (Å²) in [7, 11) is 0. The molecular weight excluding hydrogens is 320 g/mol. The minimum Gasteiger partial charge on any atom is -0.354 e. The highest BCUT2D eigenvalue weighted by atomic mass is 35.5. The molecule has 1 aromatic heterocycles. The molecule has 2 amide bonds. The van der Waals surface area contributed by atoms with E-state index in [0.717, 1.165) is 12.1 Å². The number of aromatic nitrogens is 3. The lowest BCUT2D eigenvalue weighted by Crippen LogP contribution is -2.42. The van der Waals surface area contributed by atoms with Crippen LogP contribution >= 0.6 is 12.4 Å². The van der Waals surface area contributed by atoms with Crippen LogP contribution in [0.5, 0.6) is 0 Å². The van der Waals surface area contributed by atoms with E-state index in [0.29, 0.717) is 32.6 Å². The van der Waals surface area contributed by atoms with Crippen LogP contribution < -0.4 is 11.1 Å². The first-order valence-corrected chi connectivity index (χ1v) is 7.61. The summed E-state index contributed by atoms with van der Waals surface area (Å²) < 4.78 is 1.69. The monoisotopic (exact) mass is 344 g/mol. The minimum atomic E-state index is -0.199. The lowest BCUT2D eigenvalue weighted by Gasteiger charge is -2.23. The van der Waals surface area contributed by atoms with Gasteiger partial charge in [-0.25, -0.2) is 0 Å². The summed E-state index contributed by atoms with van der Waals surface area (Å²) >= 11 is 0. The van der Waals surface area contributed by atoms with E-state index >= 15 is 0 Å². The van der Waals surface area contributed by atoms with E-state index in [2.05, 4.69) is 15.6 Å². The van der Waals surface area contributed by atoms with Crippen LogP contribution in [0.15, 0.2) is 6.20 Å². The normalized spacial score (nSPS) is 21.3. The number of amides is 2. The van der Waals surface area contributed by atoms with Crippen molar-refractivity contribution in [3.63, 3.8) is 0 Å². The van der Waals surface area contributed by atoms with E-state index in [-0.39, 0.29) is 36.2 Å². The number of rotatable bonds is 4. The number of likely N-dealkylation sites (tertiary alicyclic amines) is 1. The average molecular weight is 345 g/mol. The summed E-state index contributed by atoms with van der Waals surface area (Å²) in [5.41, 5.74) is 6.81. The lowest BCUT2D eigenvalue weighted by atomic mass is 10.0. The molecule has 0 saturated carbocycles. The van der Waals surface area contributed by atoms with Gasteiger partial charge in [0.1, 0.15) is 0 Å². The predicted octanol–water partition coefficient (Wildman–Crippen LogP) is -0.290. The van der Waals surface area contributed by atoms with Gasteiger partial charge < -0.3 is 16.0 Å². The maximum atomic E-state index is 12.3. The molecule has 0 bridgehead atoms. The maximum Gasteiger partial charge on any atom is 0.224 e. The van der Waals surface area contributed by atoms with Crippen molar-refractivity contribution in [1.82, 2.24) is 25.2 Å². The van der Waals surface area contributed by atoms with E-state index in [9.17, 15) is 9.59 Å². The number of aryl methyl sites for hydroxylation is 1. The zero-order valence-corrected chi connectivity index (χ0v) is 14.4. The third-order valence-electron chi connectivity index (χ3n) is 3.89. The topological polar surface area (TPSA) is 106 Å². The van der Waals surface area contributed by atoms with E-state index in [1.165, 1.54) is 6.92 Å². The van der Waals surface area contributed by atoms with Gasteiger partial charge in [0.15, 0.2) is 0 Å². The molecular formula is C14H25ClN6O2. The smallest absolute Gasteiger partial charge is 0.224 e. The van der Waals surface area contributed by atoms with Gasteiger partial charge in [-0.15, -0.1) is 17.5 Å². The van der Waals surface area contributed by atoms with Gasteiger partial charge in [0.2, 0.25) is 11.8 Å². The summed E-state index contributed by atoms with van der Waals surface area (Å²) in [6.45, 7) is 5.42. The fourth-order valence-electron chi connectivity index (χ4n) is 2.64. The first kappa shape index (κ1) is 19.4. The average Bonchev–Trinajstić information content (AvgIpc) is 2.76. The van der Waals surface area contributed by atoms with Gasteiger partial charge in [0.05, 0.1) is 18.2 Å². The van der Waals surface area contributed by atoms with E-state index in [1.807, 2.05) is 13.1 Å². The molecule has 0 aromatic carbocycles. The Labute approximate surface area is 142 Å². The van der Waals surface area contributed by atoms with Gasteiger partial charge in [-0.2, -0.15) is 0 Å². The second kappa shape index (κ2) is 8.83. The van der Waals surface area contributed by atoms with Gasteiger partial charge in [0.25, 0.3) is 0 Å². The summed E-state index contributed by atoms with van der Waals surface area (Å²) in [4.78, 5) is 25.5. The first-order chi connectivity index (χ1) is 10.5. The molecule has 1 aliphatic heterocycles. The Hall–Kier alpha value is -1.67. The van der Waals surface area contributed by atoms with Crippen LogP contribution in [0.2, 0.25) is 0 Å². The molecule has 2 rings (SSSR count). The predicted molar refractivity (Wildman–Crippen MR) is 88.0 cm³/mol. The number of halogens is 1. The molecule has 3 N–H and O–H groups in total. The van der Waals surface area contributed by atoms with Crippen LogP contribution in [0.3, 0.4) is 0 Å². The Morgan fingerprint density at radius 2 is 2.13 bits per heavy atom. The highest BCUT2D eigenvalue weighted by Crippen LogP contribution is 2.16.